The highest BCUT2D eigenvalue weighted by Gasteiger charge is 2.27. The van der Waals surface area contributed by atoms with Gasteiger partial charge in [-0.2, -0.15) is 11.8 Å². The average molecular weight is 579 g/mol. The van der Waals surface area contributed by atoms with E-state index in [-0.39, 0.29) is 11.9 Å². The van der Waals surface area contributed by atoms with E-state index in [1.165, 1.54) is 69.8 Å². The van der Waals surface area contributed by atoms with Crippen LogP contribution in [0.1, 0.15) is 105 Å². The number of nitrogens with zero attached hydrogens (tertiary/aromatic N) is 1. The van der Waals surface area contributed by atoms with Gasteiger partial charge in [0.05, 0.1) is 0 Å². The molecule has 2 unspecified atom stereocenters. The van der Waals surface area contributed by atoms with Crippen molar-refractivity contribution in [2.45, 2.75) is 96.6 Å². The van der Waals surface area contributed by atoms with Gasteiger partial charge in [-0.3, -0.25) is 9.69 Å². The molecular formula is C35H50N2O3S. The van der Waals surface area contributed by atoms with Crippen LogP contribution in [0.5, 0.6) is 0 Å². The fourth-order valence-corrected chi connectivity index (χ4v) is 7.32. The maximum atomic E-state index is 13.6. The van der Waals surface area contributed by atoms with Gasteiger partial charge in [0.1, 0.15) is 6.04 Å². The zero-order chi connectivity index (χ0) is 29.2. The zero-order valence-corrected chi connectivity index (χ0v) is 26.2. The number of rotatable bonds is 13. The first-order chi connectivity index (χ1) is 19.9. The van der Waals surface area contributed by atoms with Crippen LogP contribution in [0.3, 0.4) is 0 Å². The Bertz CT molecular complexity index is 1120. The first-order valence-electron chi connectivity index (χ1n) is 15.8. The Balaban J connectivity index is 1.65. The number of hydrogen-bond acceptors (Lipinski definition) is 4. The van der Waals surface area contributed by atoms with Gasteiger partial charge in [0.15, 0.2) is 0 Å². The molecule has 1 amide bonds. The molecule has 2 N–H and O–H groups in total. The minimum absolute atomic E-state index is 0.243. The van der Waals surface area contributed by atoms with Crippen molar-refractivity contribution in [3.8, 4) is 11.1 Å². The lowest BCUT2D eigenvalue weighted by molar-refractivity contribution is -0.139. The number of amides is 1. The predicted molar refractivity (Wildman–Crippen MR) is 172 cm³/mol. The van der Waals surface area contributed by atoms with Gasteiger partial charge in [-0.1, -0.05) is 68.9 Å². The van der Waals surface area contributed by atoms with Crippen LogP contribution in [-0.2, 0) is 4.79 Å². The van der Waals surface area contributed by atoms with Gasteiger partial charge in [-0.25, -0.2) is 4.79 Å². The molecule has 2 aliphatic rings. The van der Waals surface area contributed by atoms with Gasteiger partial charge in [-0.15, -0.1) is 0 Å². The van der Waals surface area contributed by atoms with Gasteiger partial charge in [0.25, 0.3) is 5.91 Å². The second-order valence-corrected chi connectivity index (χ2v) is 13.4. The highest BCUT2D eigenvalue weighted by molar-refractivity contribution is 7.98. The molecule has 0 aliphatic heterocycles. The number of thioether (sulfide) groups is 1. The predicted octanol–water partition coefficient (Wildman–Crippen LogP) is 8.12. The van der Waals surface area contributed by atoms with Gasteiger partial charge in [-0.05, 0) is 104 Å². The molecule has 6 heteroatoms. The van der Waals surface area contributed by atoms with E-state index in [4.69, 9.17) is 0 Å². The van der Waals surface area contributed by atoms with Crippen LogP contribution in [0, 0.1) is 18.8 Å². The van der Waals surface area contributed by atoms with E-state index in [0.29, 0.717) is 17.7 Å². The summed E-state index contributed by atoms with van der Waals surface area (Å²) in [6.45, 7) is 6.71. The summed E-state index contributed by atoms with van der Waals surface area (Å²) >= 11 is 1.59. The van der Waals surface area contributed by atoms with Crippen molar-refractivity contribution in [2.24, 2.45) is 11.8 Å². The number of aliphatic carboxylic acids is 1. The molecule has 0 heterocycles. The molecular weight excluding hydrogens is 528 g/mol. The number of nitrogens with one attached hydrogen (secondary N) is 1. The molecule has 5 nitrogen and oxygen atoms in total. The Hall–Kier alpha value is -2.31. The van der Waals surface area contributed by atoms with E-state index in [0.717, 1.165) is 41.6 Å². The Morgan fingerprint density at radius 3 is 2.10 bits per heavy atom. The molecule has 0 spiro atoms. The Kier molecular flexibility index (Phi) is 12.2. The van der Waals surface area contributed by atoms with E-state index in [2.05, 4.69) is 48.3 Å². The molecule has 0 radical (unpaired) electrons. The van der Waals surface area contributed by atoms with Gasteiger partial charge >= 0.3 is 5.97 Å². The molecule has 4 rings (SSSR count). The highest BCUT2D eigenvalue weighted by atomic mass is 32.2. The summed E-state index contributed by atoms with van der Waals surface area (Å²) in [4.78, 5) is 28.2. The van der Waals surface area contributed by atoms with Crippen molar-refractivity contribution < 1.29 is 14.7 Å². The second kappa shape index (κ2) is 15.8. The monoisotopic (exact) mass is 578 g/mol. The van der Waals surface area contributed by atoms with Crippen LogP contribution >= 0.6 is 11.8 Å². The Labute approximate surface area is 251 Å². The summed E-state index contributed by atoms with van der Waals surface area (Å²) in [5.74, 6) is 0.902. The summed E-state index contributed by atoms with van der Waals surface area (Å²) in [7, 11) is 0. The molecule has 0 aromatic heterocycles. The van der Waals surface area contributed by atoms with Crippen LogP contribution in [-0.4, -0.2) is 53.0 Å². The fraction of sp³-hybridized carbons (Fsp3) is 0.600. The molecule has 2 aromatic carbocycles. The molecule has 224 valence electrons. The number of carboxylic acids is 1. The second-order valence-electron chi connectivity index (χ2n) is 12.4. The molecule has 2 atom stereocenters. The smallest absolute Gasteiger partial charge is 0.326 e. The van der Waals surface area contributed by atoms with E-state index < -0.39 is 12.0 Å². The fourth-order valence-electron chi connectivity index (χ4n) is 6.85. The maximum absolute atomic E-state index is 13.6. The number of carbonyl (C=O) groups excluding carboxylic acids is 1. The lowest BCUT2D eigenvalue weighted by Crippen LogP contribution is -2.41. The number of carbonyl (C=O) groups is 2. The summed E-state index contributed by atoms with van der Waals surface area (Å²) in [5, 5.41) is 12.6. The summed E-state index contributed by atoms with van der Waals surface area (Å²) in [6.07, 6.45) is 15.8. The van der Waals surface area contributed by atoms with Crippen molar-refractivity contribution in [1.82, 2.24) is 10.2 Å². The number of benzene rings is 2. The SMILES string of the molecule is CSCCC(NC(=O)c1ccc(C(C)N(CC2CCCCC2)CC2CCCCC2)cc1-c1ccccc1C)C(=O)O. The lowest BCUT2D eigenvalue weighted by Gasteiger charge is -2.37. The number of carboxylic acid groups (broad SMARTS) is 1. The zero-order valence-electron chi connectivity index (χ0n) is 25.4. The number of aryl methyl sites for hydroxylation is 1. The third-order valence-electron chi connectivity index (χ3n) is 9.40. The van der Waals surface area contributed by atoms with Crippen molar-refractivity contribution in [2.75, 3.05) is 25.1 Å². The topological polar surface area (TPSA) is 69.6 Å². The van der Waals surface area contributed by atoms with Crippen LogP contribution in [0.25, 0.3) is 11.1 Å². The molecule has 0 saturated heterocycles. The minimum Gasteiger partial charge on any atom is -0.480 e. The van der Waals surface area contributed by atoms with Crippen molar-refractivity contribution in [3.63, 3.8) is 0 Å². The molecule has 41 heavy (non-hydrogen) atoms. The molecule has 2 aliphatic carbocycles. The van der Waals surface area contributed by atoms with E-state index in [1.807, 2.05) is 24.5 Å². The minimum atomic E-state index is -0.990. The molecule has 2 fully saturated rings. The van der Waals surface area contributed by atoms with Crippen molar-refractivity contribution in [1.29, 1.82) is 0 Å². The maximum Gasteiger partial charge on any atom is 0.326 e. The molecule has 2 aromatic rings. The summed E-state index contributed by atoms with van der Waals surface area (Å²) in [5.41, 5.74) is 4.77. The third kappa shape index (κ3) is 8.84. The van der Waals surface area contributed by atoms with Gasteiger partial charge < -0.3 is 10.4 Å². The highest BCUT2D eigenvalue weighted by Crippen LogP contribution is 2.35. The Morgan fingerprint density at radius 2 is 1.54 bits per heavy atom. The standard InChI is InChI=1S/C35H50N2O3S/c1-25-12-10-11-17-30(25)32-22-29(18-19-31(32)34(38)36-33(35(39)40)20-21-41-3)26(2)37(23-27-13-6-4-7-14-27)24-28-15-8-5-9-16-28/h10-12,17-19,22,26-28,33H,4-9,13-16,20-21,23-24H2,1-3H3,(H,36,38)(H,39,40). The summed E-state index contributed by atoms with van der Waals surface area (Å²) in [6, 6.07) is 13.7. The third-order valence-corrected chi connectivity index (χ3v) is 10.0. The Morgan fingerprint density at radius 1 is 0.927 bits per heavy atom. The van der Waals surface area contributed by atoms with Crippen LogP contribution in [0.15, 0.2) is 42.5 Å². The van der Waals surface area contributed by atoms with E-state index >= 15 is 0 Å². The van der Waals surface area contributed by atoms with Gasteiger partial charge in [0, 0.05) is 24.7 Å². The number of hydrogen-bond donors (Lipinski definition) is 2. The quantitative estimate of drug-likeness (QED) is 0.251. The van der Waals surface area contributed by atoms with Crippen molar-refractivity contribution in [3.05, 3.63) is 59.2 Å². The van der Waals surface area contributed by atoms with E-state index in [1.54, 1.807) is 11.8 Å². The first kappa shape index (κ1) is 31.6. The van der Waals surface area contributed by atoms with Crippen LogP contribution < -0.4 is 5.32 Å². The van der Waals surface area contributed by atoms with E-state index in [9.17, 15) is 14.7 Å². The molecule has 0 bridgehead atoms. The largest absolute Gasteiger partial charge is 0.480 e. The lowest BCUT2D eigenvalue weighted by atomic mass is 9.85. The van der Waals surface area contributed by atoms with Crippen molar-refractivity contribution >= 4 is 23.6 Å². The van der Waals surface area contributed by atoms with Crippen LogP contribution in [0.4, 0.5) is 0 Å². The summed E-state index contributed by atoms with van der Waals surface area (Å²) < 4.78 is 0. The van der Waals surface area contributed by atoms with Crippen LogP contribution in [0.2, 0.25) is 0 Å². The average Bonchev–Trinajstić information content (AvgIpc) is 2.99. The molecule has 2 saturated carbocycles. The first-order valence-corrected chi connectivity index (χ1v) is 17.2. The van der Waals surface area contributed by atoms with Gasteiger partial charge in [0.2, 0.25) is 0 Å². The normalized spacial score (nSPS) is 18.2.